The van der Waals surface area contributed by atoms with Crippen LogP contribution in [0.15, 0.2) is 54.6 Å². The molecule has 0 saturated carbocycles. The molecule has 0 amide bonds. The van der Waals surface area contributed by atoms with Crippen LogP contribution in [0.1, 0.15) is 30.0 Å². The Bertz CT molecular complexity index is 504. The maximum atomic E-state index is 3.69. The molecule has 0 aliphatic carbocycles. The Morgan fingerprint density at radius 3 is 2.40 bits per heavy atom. The lowest BCUT2D eigenvalue weighted by molar-refractivity contribution is 0.498. The molecule has 0 saturated heterocycles. The number of benzene rings is 2. The molecule has 1 N–H and O–H groups in total. The first-order valence-corrected chi connectivity index (χ1v) is 7.60. The molecule has 2 rings (SSSR count). The van der Waals surface area contributed by atoms with Crippen molar-refractivity contribution < 1.29 is 0 Å². The molecule has 1 nitrogen and oxygen atoms in total. The minimum Gasteiger partial charge on any atom is -0.313 e. The SMILES string of the molecule is CCC(Cc1ccccc1)NCCc1cccc(C)c1. The molecule has 1 unspecified atom stereocenters. The Morgan fingerprint density at radius 1 is 0.950 bits per heavy atom. The van der Waals surface area contributed by atoms with Crippen molar-refractivity contribution in [3.05, 3.63) is 71.3 Å². The van der Waals surface area contributed by atoms with Crippen molar-refractivity contribution in [3.8, 4) is 0 Å². The molecule has 0 bridgehead atoms. The summed E-state index contributed by atoms with van der Waals surface area (Å²) < 4.78 is 0. The Balaban J connectivity index is 1.79. The Hall–Kier alpha value is -1.60. The maximum absolute atomic E-state index is 3.69. The number of rotatable bonds is 7. The second kappa shape index (κ2) is 7.86. The van der Waals surface area contributed by atoms with Gasteiger partial charge in [0.05, 0.1) is 0 Å². The van der Waals surface area contributed by atoms with Crippen LogP contribution in [-0.4, -0.2) is 12.6 Å². The lowest BCUT2D eigenvalue weighted by Gasteiger charge is -2.17. The minimum absolute atomic E-state index is 0.571. The summed E-state index contributed by atoms with van der Waals surface area (Å²) in [7, 11) is 0. The van der Waals surface area contributed by atoms with Crippen molar-refractivity contribution in [2.45, 2.75) is 39.2 Å². The van der Waals surface area contributed by atoms with Gasteiger partial charge in [0.15, 0.2) is 0 Å². The standard InChI is InChI=1S/C19H25N/c1-3-19(15-17-9-5-4-6-10-17)20-13-12-18-11-7-8-16(2)14-18/h4-11,14,19-20H,3,12-13,15H2,1-2H3. The van der Waals surface area contributed by atoms with Crippen molar-refractivity contribution in [3.63, 3.8) is 0 Å². The van der Waals surface area contributed by atoms with Crippen molar-refractivity contribution in [2.75, 3.05) is 6.54 Å². The van der Waals surface area contributed by atoms with Crippen LogP contribution in [0.5, 0.6) is 0 Å². The molecule has 2 aromatic carbocycles. The van der Waals surface area contributed by atoms with E-state index in [4.69, 9.17) is 0 Å². The lowest BCUT2D eigenvalue weighted by Crippen LogP contribution is -2.32. The van der Waals surface area contributed by atoms with Crippen molar-refractivity contribution >= 4 is 0 Å². The van der Waals surface area contributed by atoms with Gasteiger partial charge < -0.3 is 5.32 Å². The van der Waals surface area contributed by atoms with Gasteiger partial charge in [0, 0.05) is 6.04 Å². The highest BCUT2D eigenvalue weighted by atomic mass is 14.9. The summed E-state index contributed by atoms with van der Waals surface area (Å²) in [5, 5.41) is 3.69. The quantitative estimate of drug-likeness (QED) is 0.794. The van der Waals surface area contributed by atoms with Gasteiger partial charge in [-0.2, -0.15) is 0 Å². The van der Waals surface area contributed by atoms with Crippen LogP contribution in [0.4, 0.5) is 0 Å². The number of hydrogen-bond donors (Lipinski definition) is 1. The van der Waals surface area contributed by atoms with E-state index in [1.54, 1.807) is 0 Å². The molecule has 106 valence electrons. The fourth-order valence-electron chi connectivity index (χ4n) is 2.55. The first-order valence-electron chi connectivity index (χ1n) is 7.60. The fourth-order valence-corrected chi connectivity index (χ4v) is 2.55. The molecule has 1 atom stereocenters. The Kier molecular flexibility index (Phi) is 5.82. The summed E-state index contributed by atoms with van der Waals surface area (Å²) in [5.74, 6) is 0. The van der Waals surface area contributed by atoms with Crippen molar-refractivity contribution in [1.82, 2.24) is 5.32 Å². The average molecular weight is 267 g/mol. The van der Waals surface area contributed by atoms with Gasteiger partial charge in [0.2, 0.25) is 0 Å². The molecule has 1 heteroatoms. The van der Waals surface area contributed by atoms with Crippen molar-refractivity contribution in [2.24, 2.45) is 0 Å². The van der Waals surface area contributed by atoms with Crippen LogP contribution >= 0.6 is 0 Å². The number of hydrogen-bond acceptors (Lipinski definition) is 1. The zero-order valence-electron chi connectivity index (χ0n) is 12.6. The van der Waals surface area contributed by atoms with E-state index >= 15 is 0 Å². The first-order chi connectivity index (χ1) is 9.78. The molecular formula is C19H25N. The highest BCUT2D eigenvalue weighted by Crippen LogP contribution is 2.07. The summed E-state index contributed by atoms with van der Waals surface area (Å²) in [6, 6.07) is 20.1. The maximum Gasteiger partial charge on any atom is 0.0105 e. The molecule has 0 radical (unpaired) electrons. The Morgan fingerprint density at radius 2 is 1.70 bits per heavy atom. The normalized spacial score (nSPS) is 12.3. The van der Waals surface area contributed by atoms with E-state index in [0.29, 0.717) is 6.04 Å². The monoisotopic (exact) mass is 267 g/mol. The van der Waals surface area contributed by atoms with E-state index in [9.17, 15) is 0 Å². The van der Waals surface area contributed by atoms with Gasteiger partial charge in [-0.25, -0.2) is 0 Å². The van der Waals surface area contributed by atoms with Gasteiger partial charge in [0.25, 0.3) is 0 Å². The van der Waals surface area contributed by atoms with Gasteiger partial charge in [-0.15, -0.1) is 0 Å². The van der Waals surface area contributed by atoms with E-state index in [0.717, 1.165) is 19.4 Å². The third kappa shape index (κ3) is 4.82. The first kappa shape index (κ1) is 14.8. The zero-order valence-corrected chi connectivity index (χ0v) is 12.6. The van der Waals surface area contributed by atoms with Gasteiger partial charge >= 0.3 is 0 Å². The van der Waals surface area contributed by atoms with Crippen molar-refractivity contribution in [1.29, 1.82) is 0 Å². The molecule has 0 spiro atoms. The average Bonchev–Trinajstić information content (AvgIpc) is 2.47. The van der Waals surface area contributed by atoms with Crippen LogP contribution in [0.3, 0.4) is 0 Å². The molecule has 2 aromatic rings. The Labute approximate surface area is 123 Å². The summed E-state index contributed by atoms with van der Waals surface area (Å²) >= 11 is 0. The van der Waals surface area contributed by atoms with Crippen LogP contribution in [0.25, 0.3) is 0 Å². The number of aryl methyl sites for hydroxylation is 1. The van der Waals surface area contributed by atoms with E-state index < -0.39 is 0 Å². The third-order valence-electron chi connectivity index (χ3n) is 3.75. The number of nitrogens with one attached hydrogen (secondary N) is 1. The van der Waals surface area contributed by atoms with Gasteiger partial charge in [-0.3, -0.25) is 0 Å². The highest BCUT2D eigenvalue weighted by Gasteiger charge is 2.06. The minimum atomic E-state index is 0.571. The molecule has 0 heterocycles. The van der Waals surface area contributed by atoms with Crippen LogP contribution < -0.4 is 5.32 Å². The summed E-state index contributed by atoms with van der Waals surface area (Å²) in [6.07, 6.45) is 3.39. The smallest absolute Gasteiger partial charge is 0.0105 e. The lowest BCUT2D eigenvalue weighted by atomic mass is 10.0. The molecular weight excluding hydrogens is 242 g/mol. The molecule has 0 aromatic heterocycles. The van der Waals surface area contributed by atoms with Crippen LogP contribution in [0, 0.1) is 6.92 Å². The molecule has 20 heavy (non-hydrogen) atoms. The van der Waals surface area contributed by atoms with Gasteiger partial charge in [-0.1, -0.05) is 67.1 Å². The van der Waals surface area contributed by atoms with E-state index in [1.807, 2.05) is 0 Å². The summed E-state index contributed by atoms with van der Waals surface area (Å²) in [5.41, 5.74) is 4.19. The summed E-state index contributed by atoms with van der Waals surface area (Å²) in [6.45, 7) is 5.46. The predicted molar refractivity (Wildman–Crippen MR) is 87.1 cm³/mol. The van der Waals surface area contributed by atoms with Crippen LogP contribution in [0.2, 0.25) is 0 Å². The molecule has 0 fully saturated rings. The second-order valence-corrected chi connectivity index (χ2v) is 5.49. The van der Waals surface area contributed by atoms with Crippen LogP contribution in [-0.2, 0) is 12.8 Å². The second-order valence-electron chi connectivity index (χ2n) is 5.49. The zero-order chi connectivity index (χ0) is 14.2. The largest absolute Gasteiger partial charge is 0.313 e. The van der Waals surface area contributed by atoms with E-state index in [-0.39, 0.29) is 0 Å². The predicted octanol–water partition coefficient (Wildman–Crippen LogP) is 4.15. The highest BCUT2D eigenvalue weighted by molar-refractivity contribution is 5.22. The van der Waals surface area contributed by atoms with E-state index in [1.165, 1.54) is 23.1 Å². The molecule has 0 aliphatic heterocycles. The third-order valence-corrected chi connectivity index (χ3v) is 3.75. The van der Waals surface area contributed by atoms with E-state index in [2.05, 4.69) is 73.8 Å². The topological polar surface area (TPSA) is 12.0 Å². The molecule has 0 aliphatic rings. The fraction of sp³-hybridized carbons (Fsp3) is 0.368. The van der Waals surface area contributed by atoms with Gasteiger partial charge in [0.1, 0.15) is 0 Å². The summed E-state index contributed by atoms with van der Waals surface area (Å²) in [4.78, 5) is 0. The van der Waals surface area contributed by atoms with Gasteiger partial charge in [-0.05, 0) is 43.9 Å².